The lowest BCUT2D eigenvalue weighted by molar-refractivity contribution is 0.250. The highest BCUT2D eigenvalue weighted by molar-refractivity contribution is 7.99. The molecule has 0 amide bonds. The predicted octanol–water partition coefficient (Wildman–Crippen LogP) is 2.27. The first-order chi connectivity index (χ1) is 7.67. The van der Waals surface area contributed by atoms with Gasteiger partial charge in [0, 0.05) is 23.8 Å². The SMILES string of the molecule is CNCc1ccc(SCC(C)CO)c(F)c1. The summed E-state index contributed by atoms with van der Waals surface area (Å²) < 4.78 is 13.6. The van der Waals surface area contributed by atoms with E-state index < -0.39 is 0 Å². The first kappa shape index (κ1) is 13.5. The van der Waals surface area contributed by atoms with Crippen LogP contribution < -0.4 is 5.32 Å². The molecule has 0 fully saturated rings. The van der Waals surface area contributed by atoms with Crippen LogP contribution in [0.1, 0.15) is 12.5 Å². The van der Waals surface area contributed by atoms with Gasteiger partial charge in [0.05, 0.1) is 0 Å². The summed E-state index contributed by atoms with van der Waals surface area (Å²) >= 11 is 1.45. The van der Waals surface area contributed by atoms with Gasteiger partial charge in [-0.15, -0.1) is 11.8 Å². The number of hydrogen-bond donors (Lipinski definition) is 2. The second-order valence-electron chi connectivity index (χ2n) is 3.89. The molecule has 0 saturated carbocycles. The normalized spacial score (nSPS) is 12.8. The summed E-state index contributed by atoms with van der Waals surface area (Å²) in [6.07, 6.45) is 0. The van der Waals surface area contributed by atoms with Gasteiger partial charge in [-0.05, 0) is 30.7 Å². The third-order valence-corrected chi connectivity index (χ3v) is 3.59. The van der Waals surface area contributed by atoms with E-state index in [0.29, 0.717) is 11.4 Å². The topological polar surface area (TPSA) is 32.3 Å². The Bertz CT molecular complexity index is 333. The highest BCUT2D eigenvalue weighted by Crippen LogP contribution is 2.24. The van der Waals surface area contributed by atoms with Gasteiger partial charge in [0.15, 0.2) is 0 Å². The Labute approximate surface area is 100 Å². The van der Waals surface area contributed by atoms with E-state index in [1.54, 1.807) is 12.1 Å². The van der Waals surface area contributed by atoms with Crippen molar-refractivity contribution >= 4 is 11.8 Å². The van der Waals surface area contributed by atoms with Crippen molar-refractivity contribution in [1.29, 1.82) is 0 Å². The fraction of sp³-hybridized carbons (Fsp3) is 0.500. The maximum atomic E-state index is 13.6. The largest absolute Gasteiger partial charge is 0.396 e. The van der Waals surface area contributed by atoms with Gasteiger partial charge < -0.3 is 10.4 Å². The molecule has 1 aromatic rings. The lowest BCUT2D eigenvalue weighted by atomic mass is 10.2. The monoisotopic (exact) mass is 243 g/mol. The van der Waals surface area contributed by atoms with E-state index in [1.165, 1.54) is 11.8 Å². The smallest absolute Gasteiger partial charge is 0.137 e. The molecule has 4 heteroatoms. The van der Waals surface area contributed by atoms with Gasteiger partial charge in [0.2, 0.25) is 0 Å². The van der Waals surface area contributed by atoms with Crippen molar-refractivity contribution in [2.45, 2.75) is 18.4 Å². The molecule has 2 nitrogen and oxygen atoms in total. The third kappa shape index (κ3) is 4.12. The molecular weight excluding hydrogens is 225 g/mol. The number of nitrogens with one attached hydrogen (secondary N) is 1. The maximum Gasteiger partial charge on any atom is 0.137 e. The average molecular weight is 243 g/mol. The number of benzene rings is 1. The summed E-state index contributed by atoms with van der Waals surface area (Å²) in [7, 11) is 1.84. The molecule has 1 unspecified atom stereocenters. The van der Waals surface area contributed by atoms with Crippen molar-refractivity contribution in [1.82, 2.24) is 5.32 Å². The van der Waals surface area contributed by atoms with Crippen LogP contribution in [-0.4, -0.2) is 24.5 Å². The minimum atomic E-state index is -0.178. The minimum Gasteiger partial charge on any atom is -0.396 e. The van der Waals surface area contributed by atoms with E-state index in [1.807, 2.05) is 20.0 Å². The molecule has 0 aliphatic heterocycles. The molecule has 1 rings (SSSR count). The Hall–Kier alpha value is -0.580. The molecule has 1 aromatic carbocycles. The maximum absolute atomic E-state index is 13.6. The van der Waals surface area contributed by atoms with Crippen molar-refractivity contribution < 1.29 is 9.50 Å². The quantitative estimate of drug-likeness (QED) is 0.752. The summed E-state index contributed by atoms with van der Waals surface area (Å²) in [6, 6.07) is 5.28. The molecule has 0 aromatic heterocycles. The van der Waals surface area contributed by atoms with Gasteiger partial charge in [0.1, 0.15) is 5.82 Å². The van der Waals surface area contributed by atoms with Crippen LogP contribution in [0.25, 0.3) is 0 Å². The number of aliphatic hydroxyl groups excluding tert-OH is 1. The molecular formula is C12H18FNOS. The van der Waals surface area contributed by atoms with Crippen molar-refractivity contribution in [2.24, 2.45) is 5.92 Å². The molecule has 0 heterocycles. The van der Waals surface area contributed by atoms with Crippen molar-refractivity contribution in [2.75, 3.05) is 19.4 Å². The highest BCUT2D eigenvalue weighted by Gasteiger charge is 2.06. The van der Waals surface area contributed by atoms with Crippen LogP contribution >= 0.6 is 11.8 Å². The van der Waals surface area contributed by atoms with E-state index in [9.17, 15) is 4.39 Å². The van der Waals surface area contributed by atoms with E-state index in [0.717, 1.165) is 11.3 Å². The first-order valence-electron chi connectivity index (χ1n) is 5.34. The van der Waals surface area contributed by atoms with E-state index >= 15 is 0 Å². The average Bonchev–Trinajstić information content (AvgIpc) is 2.28. The Kier molecular flexibility index (Phi) is 5.80. The Morgan fingerprint density at radius 2 is 2.25 bits per heavy atom. The molecule has 0 saturated heterocycles. The van der Waals surface area contributed by atoms with Gasteiger partial charge in [-0.25, -0.2) is 4.39 Å². The molecule has 1 atom stereocenters. The second-order valence-corrected chi connectivity index (χ2v) is 4.96. The van der Waals surface area contributed by atoms with E-state index in [4.69, 9.17) is 5.11 Å². The first-order valence-corrected chi connectivity index (χ1v) is 6.32. The van der Waals surface area contributed by atoms with E-state index in [2.05, 4.69) is 5.32 Å². The summed E-state index contributed by atoms with van der Waals surface area (Å²) in [5, 5.41) is 11.9. The van der Waals surface area contributed by atoms with Crippen LogP contribution in [0.2, 0.25) is 0 Å². The fourth-order valence-corrected chi connectivity index (χ4v) is 2.19. The zero-order chi connectivity index (χ0) is 12.0. The zero-order valence-electron chi connectivity index (χ0n) is 9.66. The van der Waals surface area contributed by atoms with Crippen molar-refractivity contribution in [3.63, 3.8) is 0 Å². The molecule has 2 N–H and O–H groups in total. The van der Waals surface area contributed by atoms with Crippen LogP contribution in [-0.2, 0) is 6.54 Å². The van der Waals surface area contributed by atoms with E-state index in [-0.39, 0.29) is 18.3 Å². The fourth-order valence-electron chi connectivity index (χ4n) is 1.26. The van der Waals surface area contributed by atoms with Crippen LogP contribution in [0.15, 0.2) is 23.1 Å². The summed E-state index contributed by atoms with van der Waals surface area (Å²) in [6.45, 7) is 2.77. The van der Waals surface area contributed by atoms with Gasteiger partial charge in [-0.1, -0.05) is 13.0 Å². The second kappa shape index (κ2) is 6.89. The van der Waals surface area contributed by atoms with Crippen LogP contribution in [0, 0.1) is 11.7 Å². The summed E-state index contributed by atoms with van der Waals surface area (Å²) in [5.74, 6) is 0.753. The summed E-state index contributed by atoms with van der Waals surface area (Å²) in [4.78, 5) is 0.653. The Morgan fingerprint density at radius 3 is 2.81 bits per heavy atom. The zero-order valence-corrected chi connectivity index (χ0v) is 10.5. The molecule has 16 heavy (non-hydrogen) atoms. The molecule has 0 aliphatic carbocycles. The number of hydrogen-bond acceptors (Lipinski definition) is 3. The number of rotatable bonds is 6. The van der Waals surface area contributed by atoms with Crippen molar-refractivity contribution in [3.8, 4) is 0 Å². The Morgan fingerprint density at radius 1 is 1.50 bits per heavy atom. The summed E-state index contributed by atoms with van der Waals surface area (Å²) in [5.41, 5.74) is 0.944. The molecule has 0 aliphatic rings. The molecule has 0 radical (unpaired) electrons. The van der Waals surface area contributed by atoms with Gasteiger partial charge in [-0.2, -0.15) is 0 Å². The van der Waals surface area contributed by atoms with Gasteiger partial charge in [-0.3, -0.25) is 0 Å². The Balaban J connectivity index is 2.60. The highest BCUT2D eigenvalue weighted by atomic mass is 32.2. The molecule has 0 bridgehead atoms. The molecule has 90 valence electrons. The standard InChI is InChI=1S/C12H18FNOS/c1-9(7-15)8-16-12-4-3-10(6-14-2)5-11(12)13/h3-5,9,14-15H,6-8H2,1-2H3. The number of halogens is 1. The minimum absolute atomic E-state index is 0.145. The molecule has 0 spiro atoms. The van der Waals surface area contributed by atoms with Crippen LogP contribution in [0.4, 0.5) is 4.39 Å². The third-order valence-electron chi connectivity index (χ3n) is 2.21. The van der Waals surface area contributed by atoms with Crippen LogP contribution in [0.5, 0.6) is 0 Å². The number of thioether (sulfide) groups is 1. The van der Waals surface area contributed by atoms with Crippen molar-refractivity contribution in [3.05, 3.63) is 29.6 Å². The number of aliphatic hydroxyl groups is 1. The van der Waals surface area contributed by atoms with Crippen LogP contribution in [0.3, 0.4) is 0 Å². The van der Waals surface area contributed by atoms with Gasteiger partial charge >= 0.3 is 0 Å². The lowest BCUT2D eigenvalue weighted by Gasteiger charge is -2.09. The van der Waals surface area contributed by atoms with Gasteiger partial charge in [0.25, 0.3) is 0 Å². The predicted molar refractivity (Wildman–Crippen MR) is 66.1 cm³/mol. The lowest BCUT2D eigenvalue weighted by Crippen LogP contribution is -2.06.